The molecule has 0 spiro atoms. The molecule has 2 aliphatic carbocycles. The fraction of sp³-hybridized carbons (Fsp3) is 0.667. The molecule has 0 amide bonds. The Labute approximate surface area is 117 Å². The molecule has 3 rings (SSSR count). The van der Waals surface area contributed by atoms with Crippen LogP contribution in [-0.2, 0) is 6.54 Å². The molecule has 0 aromatic heterocycles. The fourth-order valence-electron chi connectivity index (χ4n) is 3.70. The summed E-state index contributed by atoms with van der Waals surface area (Å²) in [6.45, 7) is 5.83. The van der Waals surface area contributed by atoms with Gasteiger partial charge in [0.1, 0.15) is 0 Å². The third kappa shape index (κ3) is 3.60. The zero-order chi connectivity index (χ0) is 13.2. The number of hydrogen-bond acceptors (Lipinski definition) is 1. The van der Waals surface area contributed by atoms with Gasteiger partial charge in [0.05, 0.1) is 0 Å². The smallest absolute Gasteiger partial charge is 0.0208 e. The lowest BCUT2D eigenvalue weighted by molar-refractivity contribution is 0.238. The van der Waals surface area contributed by atoms with Crippen LogP contribution in [0.2, 0.25) is 0 Å². The van der Waals surface area contributed by atoms with E-state index in [9.17, 15) is 0 Å². The van der Waals surface area contributed by atoms with E-state index in [1.807, 2.05) is 0 Å². The van der Waals surface area contributed by atoms with Crippen LogP contribution in [0.1, 0.15) is 63.0 Å². The molecule has 0 bridgehead atoms. The Bertz CT molecular complexity index is 394. The van der Waals surface area contributed by atoms with Crippen molar-refractivity contribution in [2.45, 2.75) is 64.5 Å². The van der Waals surface area contributed by atoms with E-state index in [4.69, 9.17) is 0 Å². The van der Waals surface area contributed by atoms with E-state index in [1.165, 1.54) is 37.7 Å². The van der Waals surface area contributed by atoms with E-state index in [1.54, 1.807) is 5.56 Å². The first-order chi connectivity index (χ1) is 9.20. The summed E-state index contributed by atoms with van der Waals surface area (Å²) in [5, 5.41) is 3.76. The summed E-state index contributed by atoms with van der Waals surface area (Å²) < 4.78 is 0. The standard InChI is InChI=1S/C18H27N/c1-13-9-14(2)11-18(10-13)19-12-15-3-5-16(6-4-15)17-7-8-17/h3-6,13-14,17-19H,7-12H2,1-2H3. The van der Waals surface area contributed by atoms with Crippen molar-refractivity contribution in [3.05, 3.63) is 35.4 Å². The van der Waals surface area contributed by atoms with Gasteiger partial charge in [-0.15, -0.1) is 0 Å². The third-order valence-corrected chi connectivity index (χ3v) is 4.80. The molecular weight excluding hydrogens is 230 g/mol. The maximum absolute atomic E-state index is 3.76. The van der Waals surface area contributed by atoms with Gasteiger partial charge in [0.2, 0.25) is 0 Å². The first-order valence-electron chi connectivity index (χ1n) is 8.03. The summed E-state index contributed by atoms with van der Waals surface area (Å²) in [5.41, 5.74) is 2.99. The SMILES string of the molecule is CC1CC(C)CC(NCc2ccc(C3CC3)cc2)C1. The second-order valence-electron chi connectivity index (χ2n) is 7.01. The van der Waals surface area contributed by atoms with Crippen LogP contribution in [-0.4, -0.2) is 6.04 Å². The molecule has 1 aromatic rings. The highest BCUT2D eigenvalue weighted by Crippen LogP contribution is 2.39. The molecular formula is C18H27N. The molecule has 19 heavy (non-hydrogen) atoms. The van der Waals surface area contributed by atoms with E-state index in [-0.39, 0.29) is 0 Å². The van der Waals surface area contributed by atoms with Gasteiger partial charge in [-0.2, -0.15) is 0 Å². The molecule has 0 saturated heterocycles. The lowest BCUT2D eigenvalue weighted by Crippen LogP contribution is -2.35. The lowest BCUT2D eigenvalue weighted by Gasteiger charge is -2.32. The van der Waals surface area contributed by atoms with Crippen molar-refractivity contribution >= 4 is 0 Å². The molecule has 2 saturated carbocycles. The van der Waals surface area contributed by atoms with Gasteiger partial charge in [-0.1, -0.05) is 38.1 Å². The Hall–Kier alpha value is -0.820. The summed E-state index contributed by atoms with van der Waals surface area (Å²) in [6.07, 6.45) is 6.91. The highest BCUT2D eigenvalue weighted by molar-refractivity contribution is 5.28. The topological polar surface area (TPSA) is 12.0 Å². The first-order valence-corrected chi connectivity index (χ1v) is 8.03. The molecule has 2 aliphatic rings. The van der Waals surface area contributed by atoms with Crippen LogP contribution in [0.3, 0.4) is 0 Å². The average Bonchev–Trinajstić information content (AvgIpc) is 3.20. The van der Waals surface area contributed by atoms with Crippen LogP contribution in [0.25, 0.3) is 0 Å². The van der Waals surface area contributed by atoms with Crippen LogP contribution in [0.15, 0.2) is 24.3 Å². The summed E-state index contributed by atoms with van der Waals surface area (Å²) in [7, 11) is 0. The molecule has 104 valence electrons. The Morgan fingerprint density at radius 2 is 1.58 bits per heavy atom. The Balaban J connectivity index is 1.50. The van der Waals surface area contributed by atoms with E-state index in [2.05, 4.69) is 43.4 Å². The molecule has 0 heterocycles. The summed E-state index contributed by atoms with van der Waals surface area (Å²) in [5.74, 6) is 2.65. The highest BCUT2D eigenvalue weighted by Gasteiger charge is 2.24. The van der Waals surface area contributed by atoms with Crippen LogP contribution in [0.5, 0.6) is 0 Å². The molecule has 0 aliphatic heterocycles. The third-order valence-electron chi connectivity index (χ3n) is 4.80. The van der Waals surface area contributed by atoms with E-state index in [0.717, 1.165) is 30.3 Å². The minimum atomic E-state index is 0.724. The van der Waals surface area contributed by atoms with E-state index < -0.39 is 0 Å². The molecule has 2 unspecified atom stereocenters. The van der Waals surface area contributed by atoms with Crippen molar-refractivity contribution in [2.24, 2.45) is 11.8 Å². The molecule has 2 atom stereocenters. The van der Waals surface area contributed by atoms with Gasteiger partial charge >= 0.3 is 0 Å². The molecule has 1 aromatic carbocycles. The Morgan fingerprint density at radius 3 is 2.16 bits per heavy atom. The minimum absolute atomic E-state index is 0.724. The van der Waals surface area contributed by atoms with Gasteiger partial charge in [0.15, 0.2) is 0 Å². The number of benzene rings is 1. The molecule has 1 nitrogen and oxygen atoms in total. The first kappa shape index (κ1) is 13.2. The van der Waals surface area contributed by atoms with Gasteiger partial charge in [-0.25, -0.2) is 0 Å². The van der Waals surface area contributed by atoms with E-state index >= 15 is 0 Å². The average molecular weight is 257 g/mol. The predicted molar refractivity (Wildman–Crippen MR) is 81.2 cm³/mol. The van der Waals surface area contributed by atoms with Gasteiger partial charge in [0, 0.05) is 12.6 Å². The van der Waals surface area contributed by atoms with Gasteiger partial charge in [-0.05, 0) is 61.0 Å². The summed E-state index contributed by atoms with van der Waals surface area (Å²) >= 11 is 0. The molecule has 1 N–H and O–H groups in total. The molecule has 2 fully saturated rings. The van der Waals surface area contributed by atoms with Crippen molar-refractivity contribution in [1.82, 2.24) is 5.32 Å². The Morgan fingerprint density at radius 1 is 0.947 bits per heavy atom. The van der Waals surface area contributed by atoms with Crippen molar-refractivity contribution in [1.29, 1.82) is 0 Å². The zero-order valence-electron chi connectivity index (χ0n) is 12.4. The minimum Gasteiger partial charge on any atom is -0.310 e. The quantitative estimate of drug-likeness (QED) is 0.838. The van der Waals surface area contributed by atoms with Crippen molar-refractivity contribution in [2.75, 3.05) is 0 Å². The fourth-order valence-corrected chi connectivity index (χ4v) is 3.70. The maximum atomic E-state index is 3.76. The van der Waals surface area contributed by atoms with Crippen LogP contribution in [0.4, 0.5) is 0 Å². The van der Waals surface area contributed by atoms with Gasteiger partial charge in [-0.3, -0.25) is 0 Å². The number of hydrogen-bond donors (Lipinski definition) is 1. The number of nitrogens with one attached hydrogen (secondary N) is 1. The predicted octanol–water partition coefficient (Wildman–Crippen LogP) is 4.48. The van der Waals surface area contributed by atoms with Crippen LogP contribution >= 0.6 is 0 Å². The van der Waals surface area contributed by atoms with Crippen LogP contribution in [0, 0.1) is 11.8 Å². The monoisotopic (exact) mass is 257 g/mol. The van der Waals surface area contributed by atoms with Crippen LogP contribution < -0.4 is 5.32 Å². The van der Waals surface area contributed by atoms with Crippen molar-refractivity contribution < 1.29 is 0 Å². The van der Waals surface area contributed by atoms with E-state index in [0.29, 0.717) is 0 Å². The summed E-state index contributed by atoms with van der Waals surface area (Å²) in [6, 6.07) is 10.0. The second kappa shape index (κ2) is 5.66. The van der Waals surface area contributed by atoms with Gasteiger partial charge in [0.25, 0.3) is 0 Å². The molecule has 0 radical (unpaired) electrons. The normalized spacial score (nSPS) is 31.4. The zero-order valence-corrected chi connectivity index (χ0v) is 12.4. The Kier molecular flexibility index (Phi) is 3.93. The largest absolute Gasteiger partial charge is 0.310 e. The maximum Gasteiger partial charge on any atom is 0.0208 e. The van der Waals surface area contributed by atoms with Gasteiger partial charge < -0.3 is 5.32 Å². The summed E-state index contributed by atoms with van der Waals surface area (Å²) in [4.78, 5) is 0. The van der Waals surface area contributed by atoms with Crippen molar-refractivity contribution in [3.8, 4) is 0 Å². The lowest BCUT2D eigenvalue weighted by atomic mass is 9.80. The highest BCUT2D eigenvalue weighted by atomic mass is 14.9. The number of rotatable bonds is 4. The second-order valence-corrected chi connectivity index (χ2v) is 7.01. The van der Waals surface area contributed by atoms with Crippen molar-refractivity contribution in [3.63, 3.8) is 0 Å². The molecule has 1 heteroatoms.